The van der Waals surface area contributed by atoms with Gasteiger partial charge in [-0.1, -0.05) is 12.1 Å². The zero-order chi connectivity index (χ0) is 11.5. The molecule has 0 saturated heterocycles. The Hall–Kier alpha value is -1.68. The van der Waals surface area contributed by atoms with Crippen LogP contribution in [0.15, 0.2) is 36.5 Å². The van der Waals surface area contributed by atoms with Crippen molar-refractivity contribution in [3.8, 4) is 0 Å². The number of halogens is 1. The molecule has 0 aliphatic rings. The van der Waals surface area contributed by atoms with Crippen LogP contribution in [0.4, 0.5) is 4.39 Å². The molecule has 0 spiro atoms. The zero-order valence-corrected chi connectivity index (χ0v) is 9.10. The van der Waals surface area contributed by atoms with Crippen molar-refractivity contribution in [2.45, 2.75) is 12.5 Å². The van der Waals surface area contributed by atoms with E-state index < -0.39 is 0 Å². The standard InChI is InChI=1S/C12H14FN3/c1-16-6-5-12(15-16)11(14)8-9-3-2-4-10(13)7-9/h2-7,11H,8,14H2,1H3. The predicted molar refractivity (Wildman–Crippen MR) is 60.2 cm³/mol. The first-order valence-corrected chi connectivity index (χ1v) is 5.15. The molecule has 0 aliphatic heterocycles. The van der Waals surface area contributed by atoms with Crippen LogP contribution in [-0.4, -0.2) is 9.78 Å². The smallest absolute Gasteiger partial charge is 0.123 e. The molecule has 0 saturated carbocycles. The molecule has 4 heteroatoms. The number of nitrogens with zero attached hydrogens (tertiary/aromatic N) is 2. The lowest BCUT2D eigenvalue weighted by molar-refractivity contribution is 0.618. The van der Waals surface area contributed by atoms with Gasteiger partial charge in [-0.3, -0.25) is 4.68 Å². The van der Waals surface area contributed by atoms with Gasteiger partial charge in [-0.15, -0.1) is 0 Å². The number of rotatable bonds is 3. The fourth-order valence-electron chi connectivity index (χ4n) is 1.65. The van der Waals surface area contributed by atoms with Crippen molar-refractivity contribution >= 4 is 0 Å². The zero-order valence-electron chi connectivity index (χ0n) is 9.10. The second kappa shape index (κ2) is 4.45. The largest absolute Gasteiger partial charge is 0.322 e. The van der Waals surface area contributed by atoms with Crippen molar-refractivity contribution in [2.24, 2.45) is 12.8 Å². The molecular formula is C12H14FN3. The van der Waals surface area contributed by atoms with E-state index >= 15 is 0 Å². The lowest BCUT2D eigenvalue weighted by atomic mass is 10.0. The van der Waals surface area contributed by atoms with Crippen LogP contribution in [0.3, 0.4) is 0 Å². The SMILES string of the molecule is Cn1ccc(C(N)Cc2cccc(F)c2)n1. The van der Waals surface area contributed by atoms with Crippen LogP contribution in [0.5, 0.6) is 0 Å². The van der Waals surface area contributed by atoms with E-state index in [1.54, 1.807) is 10.7 Å². The number of hydrogen-bond donors (Lipinski definition) is 1. The highest BCUT2D eigenvalue weighted by Gasteiger charge is 2.10. The summed E-state index contributed by atoms with van der Waals surface area (Å²) in [5, 5.41) is 4.23. The van der Waals surface area contributed by atoms with Gasteiger partial charge in [0.25, 0.3) is 0 Å². The number of benzene rings is 1. The maximum Gasteiger partial charge on any atom is 0.123 e. The maximum absolute atomic E-state index is 13.0. The van der Waals surface area contributed by atoms with Gasteiger partial charge in [0.05, 0.1) is 11.7 Å². The van der Waals surface area contributed by atoms with Crippen molar-refractivity contribution in [3.05, 3.63) is 53.6 Å². The molecule has 2 rings (SSSR count). The molecule has 1 unspecified atom stereocenters. The molecule has 0 fully saturated rings. The van der Waals surface area contributed by atoms with Gasteiger partial charge in [0, 0.05) is 13.2 Å². The van der Waals surface area contributed by atoms with E-state index in [0.717, 1.165) is 11.3 Å². The molecule has 1 aromatic carbocycles. The third-order valence-electron chi connectivity index (χ3n) is 2.46. The molecule has 2 aromatic rings. The Morgan fingerprint density at radius 3 is 2.88 bits per heavy atom. The molecule has 0 amide bonds. The van der Waals surface area contributed by atoms with Crippen molar-refractivity contribution in [3.63, 3.8) is 0 Å². The van der Waals surface area contributed by atoms with Crippen LogP contribution in [0.25, 0.3) is 0 Å². The molecule has 2 N–H and O–H groups in total. The first-order valence-electron chi connectivity index (χ1n) is 5.15. The number of nitrogens with two attached hydrogens (primary N) is 1. The summed E-state index contributed by atoms with van der Waals surface area (Å²) < 4.78 is 14.7. The Kier molecular flexibility index (Phi) is 3.01. The van der Waals surface area contributed by atoms with Crippen LogP contribution in [-0.2, 0) is 13.5 Å². The highest BCUT2D eigenvalue weighted by Crippen LogP contribution is 2.14. The van der Waals surface area contributed by atoms with Crippen molar-refractivity contribution < 1.29 is 4.39 Å². The number of aryl methyl sites for hydroxylation is 1. The molecular weight excluding hydrogens is 205 g/mol. The third-order valence-corrected chi connectivity index (χ3v) is 2.46. The molecule has 1 atom stereocenters. The summed E-state index contributed by atoms with van der Waals surface area (Å²) >= 11 is 0. The van der Waals surface area contributed by atoms with Gasteiger partial charge in [0.1, 0.15) is 5.82 Å². The first kappa shape index (κ1) is 10.8. The Morgan fingerprint density at radius 1 is 1.44 bits per heavy atom. The summed E-state index contributed by atoms with van der Waals surface area (Å²) in [4.78, 5) is 0. The van der Waals surface area contributed by atoms with E-state index in [2.05, 4.69) is 5.10 Å². The van der Waals surface area contributed by atoms with Gasteiger partial charge in [0.15, 0.2) is 0 Å². The number of hydrogen-bond acceptors (Lipinski definition) is 2. The van der Waals surface area contributed by atoms with Crippen molar-refractivity contribution in [1.29, 1.82) is 0 Å². The van der Waals surface area contributed by atoms with Crippen LogP contribution in [0.2, 0.25) is 0 Å². The average Bonchev–Trinajstić information content (AvgIpc) is 2.65. The van der Waals surface area contributed by atoms with Crippen LogP contribution in [0.1, 0.15) is 17.3 Å². The van der Waals surface area contributed by atoms with Crippen LogP contribution < -0.4 is 5.73 Å². The highest BCUT2D eigenvalue weighted by atomic mass is 19.1. The van der Waals surface area contributed by atoms with Gasteiger partial charge in [-0.05, 0) is 30.2 Å². The van der Waals surface area contributed by atoms with Gasteiger partial charge in [-0.25, -0.2) is 4.39 Å². The maximum atomic E-state index is 13.0. The number of aromatic nitrogens is 2. The predicted octanol–water partition coefficient (Wildman–Crippen LogP) is 1.80. The highest BCUT2D eigenvalue weighted by molar-refractivity contribution is 5.19. The topological polar surface area (TPSA) is 43.8 Å². The summed E-state index contributed by atoms with van der Waals surface area (Å²) in [5.41, 5.74) is 7.71. The Labute approximate surface area is 93.7 Å². The summed E-state index contributed by atoms with van der Waals surface area (Å²) in [6, 6.07) is 8.17. The second-order valence-corrected chi connectivity index (χ2v) is 3.85. The fourth-order valence-corrected chi connectivity index (χ4v) is 1.65. The Balaban J connectivity index is 2.10. The van der Waals surface area contributed by atoms with E-state index in [9.17, 15) is 4.39 Å². The molecule has 0 radical (unpaired) electrons. The fraction of sp³-hybridized carbons (Fsp3) is 0.250. The van der Waals surface area contributed by atoms with E-state index in [1.165, 1.54) is 12.1 Å². The molecule has 84 valence electrons. The molecule has 1 aromatic heterocycles. The summed E-state index contributed by atoms with van der Waals surface area (Å²) in [5.74, 6) is -0.231. The van der Waals surface area contributed by atoms with E-state index in [4.69, 9.17) is 5.73 Å². The first-order chi connectivity index (χ1) is 7.65. The third kappa shape index (κ3) is 2.46. The lowest BCUT2D eigenvalue weighted by Gasteiger charge is -2.08. The van der Waals surface area contributed by atoms with E-state index in [1.807, 2.05) is 25.4 Å². The van der Waals surface area contributed by atoms with Crippen molar-refractivity contribution in [2.75, 3.05) is 0 Å². The Morgan fingerprint density at radius 2 is 2.25 bits per heavy atom. The summed E-state index contributed by atoms with van der Waals surface area (Å²) in [6.45, 7) is 0. The van der Waals surface area contributed by atoms with Gasteiger partial charge in [-0.2, -0.15) is 5.10 Å². The summed E-state index contributed by atoms with van der Waals surface area (Å²) in [7, 11) is 1.85. The minimum absolute atomic E-state index is 0.192. The van der Waals surface area contributed by atoms with E-state index in [0.29, 0.717) is 6.42 Å². The van der Waals surface area contributed by atoms with Crippen molar-refractivity contribution in [1.82, 2.24) is 9.78 Å². The quantitative estimate of drug-likeness (QED) is 0.855. The molecule has 0 bridgehead atoms. The molecule has 3 nitrogen and oxygen atoms in total. The van der Waals surface area contributed by atoms with Crippen LogP contribution >= 0.6 is 0 Å². The molecule has 1 heterocycles. The average molecular weight is 219 g/mol. The minimum atomic E-state index is -0.231. The van der Waals surface area contributed by atoms with Gasteiger partial charge in [0.2, 0.25) is 0 Å². The monoisotopic (exact) mass is 219 g/mol. The van der Waals surface area contributed by atoms with Gasteiger partial charge < -0.3 is 5.73 Å². The normalized spacial score (nSPS) is 12.7. The molecule has 16 heavy (non-hydrogen) atoms. The molecule has 0 aliphatic carbocycles. The Bertz CT molecular complexity index is 479. The van der Waals surface area contributed by atoms with E-state index in [-0.39, 0.29) is 11.9 Å². The second-order valence-electron chi connectivity index (χ2n) is 3.85. The summed E-state index contributed by atoms with van der Waals surface area (Å²) in [6.07, 6.45) is 2.44. The van der Waals surface area contributed by atoms with Gasteiger partial charge >= 0.3 is 0 Å². The van der Waals surface area contributed by atoms with Crippen LogP contribution in [0, 0.1) is 5.82 Å². The minimum Gasteiger partial charge on any atom is -0.322 e. The lowest BCUT2D eigenvalue weighted by Crippen LogP contribution is -2.14.